The van der Waals surface area contributed by atoms with Crippen LogP contribution in [-0.4, -0.2) is 46.8 Å². The summed E-state index contributed by atoms with van der Waals surface area (Å²) < 4.78 is 0. The molecule has 30 heavy (non-hydrogen) atoms. The Hall–Kier alpha value is -2.08. The third-order valence-electron chi connectivity index (χ3n) is 7.15. The van der Waals surface area contributed by atoms with E-state index in [2.05, 4.69) is 26.1 Å². The SMILES string of the molecule is CCC(C)(C)C1CCC2(CC1)NC(=O)N(CC(=O)N(C)Cc1ccc(Cl)cc1)C2=O. The first-order chi connectivity index (χ1) is 14.1. The van der Waals surface area contributed by atoms with Gasteiger partial charge in [-0.1, -0.05) is 50.9 Å². The normalized spacial score (nSPS) is 24.3. The highest BCUT2D eigenvalue weighted by Crippen LogP contribution is 2.45. The molecule has 1 heterocycles. The highest BCUT2D eigenvalue weighted by Gasteiger charge is 2.53. The summed E-state index contributed by atoms with van der Waals surface area (Å²) in [5.41, 5.74) is 0.320. The van der Waals surface area contributed by atoms with Gasteiger partial charge in [-0.15, -0.1) is 0 Å². The van der Waals surface area contributed by atoms with Crippen LogP contribution in [0.5, 0.6) is 0 Å². The zero-order chi connectivity index (χ0) is 22.1. The molecule has 1 aliphatic heterocycles. The van der Waals surface area contributed by atoms with Gasteiger partial charge in [-0.3, -0.25) is 14.5 Å². The minimum Gasteiger partial charge on any atom is -0.340 e. The molecule has 0 radical (unpaired) electrons. The van der Waals surface area contributed by atoms with Crippen LogP contribution in [0.25, 0.3) is 0 Å². The maximum Gasteiger partial charge on any atom is 0.325 e. The zero-order valence-electron chi connectivity index (χ0n) is 18.3. The van der Waals surface area contributed by atoms with Crippen LogP contribution in [0, 0.1) is 11.3 Å². The molecule has 6 nitrogen and oxygen atoms in total. The first kappa shape index (κ1) is 22.6. The summed E-state index contributed by atoms with van der Waals surface area (Å²) in [6.45, 7) is 6.89. The van der Waals surface area contributed by atoms with Crippen LogP contribution in [-0.2, 0) is 16.1 Å². The number of carbonyl (C=O) groups is 3. The lowest BCUT2D eigenvalue weighted by molar-refractivity contribution is -0.139. The molecule has 2 fully saturated rings. The van der Waals surface area contributed by atoms with Crippen molar-refractivity contribution >= 4 is 29.4 Å². The van der Waals surface area contributed by atoms with Gasteiger partial charge in [0.15, 0.2) is 0 Å². The van der Waals surface area contributed by atoms with Crippen LogP contribution in [0.1, 0.15) is 58.4 Å². The van der Waals surface area contributed by atoms with Gasteiger partial charge in [-0.05, 0) is 54.7 Å². The standard InChI is InChI=1S/C23H32ClN3O3/c1-5-22(2,3)17-10-12-23(13-11-17)20(29)27(21(30)25-23)15-19(28)26(4)14-16-6-8-18(24)9-7-16/h6-9,17H,5,10-15H2,1-4H3,(H,25,30). The molecular formula is C23H32ClN3O3. The summed E-state index contributed by atoms with van der Waals surface area (Å²) in [6, 6.07) is 6.79. The Bertz CT molecular complexity index is 813. The summed E-state index contributed by atoms with van der Waals surface area (Å²) in [4.78, 5) is 41.0. The molecule has 0 unspecified atom stereocenters. The van der Waals surface area contributed by atoms with E-state index in [1.807, 2.05) is 12.1 Å². The molecule has 0 bridgehead atoms. The van der Waals surface area contributed by atoms with Gasteiger partial charge in [-0.25, -0.2) is 4.79 Å². The third-order valence-corrected chi connectivity index (χ3v) is 7.41. The molecule has 1 saturated carbocycles. The number of rotatable bonds is 6. The number of likely N-dealkylation sites (N-methyl/N-ethyl adjacent to an activating group) is 1. The molecule has 2 aliphatic rings. The lowest BCUT2D eigenvalue weighted by Gasteiger charge is -2.42. The van der Waals surface area contributed by atoms with E-state index in [1.165, 1.54) is 4.90 Å². The molecular weight excluding hydrogens is 402 g/mol. The van der Waals surface area contributed by atoms with Crippen LogP contribution in [0.3, 0.4) is 0 Å². The number of hydrogen-bond donors (Lipinski definition) is 1. The van der Waals surface area contributed by atoms with E-state index in [9.17, 15) is 14.4 Å². The number of nitrogens with one attached hydrogen (secondary N) is 1. The molecule has 0 aromatic heterocycles. The minimum atomic E-state index is -0.841. The summed E-state index contributed by atoms with van der Waals surface area (Å²) in [5.74, 6) is 0.0128. The second kappa shape index (κ2) is 8.58. The van der Waals surface area contributed by atoms with Crippen molar-refractivity contribution in [3.05, 3.63) is 34.9 Å². The first-order valence-electron chi connectivity index (χ1n) is 10.7. The zero-order valence-corrected chi connectivity index (χ0v) is 19.1. The van der Waals surface area contributed by atoms with Gasteiger partial charge in [0.25, 0.3) is 5.91 Å². The van der Waals surface area contributed by atoms with Crippen molar-refractivity contribution in [3.63, 3.8) is 0 Å². The van der Waals surface area contributed by atoms with E-state index in [0.29, 0.717) is 30.3 Å². The van der Waals surface area contributed by atoms with Crippen LogP contribution in [0.2, 0.25) is 5.02 Å². The Balaban J connectivity index is 1.61. The van der Waals surface area contributed by atoms with Crippen molar-refractivity contribution in [2.75, 3.05) is 13.6 Å². The lowest BCUT2D eigenvalue weighted by Crippen LogP contribution is -2.51. The largest absolute Gasteiger partial charge is 0.340 e. The molecule has 0 atom stereocenters. The third kappa shape index (κ3) is 4.48. The summed E-state index contributed by atoms with van der Waals surface area (Å²) in [5, 5.41) is 3.55. The average molecular weight is 434 g/mol. The van der Waals surface area contributed by atoms with Crippen molar-refractivity contribution in [1.29, 1.82) is 0 Å². The second-order valence-electron chi connectivity index (χ2n) is 9.40. The number of halogens is 1. The fraction of sp³-hybridized carbons (Fsp3) is 0.609. The molecule has 1 aromatic rings. The smallest absolute Gasteiger partial charge is 0.325 e. The number of nitrogens with zero attached hydrogens (tertiary/aromatic N) is 2. The molecule has 1 saturated heterocycles. The first-order valence-corrected chi connectivity index (χ1v) is 11.1. The van der Waals surface area contributed by atoms with Crippen LogP contribution in [0.15, 0.2) is 24.3 Å². The highest BCUT2D eigenvalue weighted by molar-refractivity contribution is 6.30. The Morgan fingerprint density at radius 2 is 1.83 bits per heavy atom. The van der Waals surface area contributed by atoms with Crippen molar-refractivity contribution < 1.29 is 14.4 Å². The maximum absolute atomic E-state index is 13.1. The van der Waals surface area contributed by atoms with Crippen LogP contribution < -0.4 is 5.32 Å². The molecule has 1 aliphatic carbocycles. The predicted molar refractivity (Wildman–Crippen MR) is 117 cm³/mol. The van der Waals surface area contributed by atoms with E-state index in [4.69, 9.17) is 11.6 Å². The van der Waals surface area contributed by atoms with E-state index < -0.39 is 11.6 Å². The number of urea groups is 1. The Morgan fingerprint density at radius 1 is 1.23 bits per heavy atom. The topological polar surface area (TPSA) is 69.7 Å². The molecule has 1 aromatic carbocycles. The van der Waals surface area contributed by atoms with Gasteiger partial charge in [0.2, 0.25) is 5.91 Å². The Kier molecular flexibility index (Phi) is 6.46. The van der Waals surface area contributed by atoms with Gasteiger partial charge in [-0.2, -0.15) is 0 Å². The maximum atomic E-state index is 13.1. The number of carbonyl (C=O) groups excluding carboxylic acids is 3. The molecule has 4 amide bonds. The van der Waals surface area contributed by atoms with Crippen molar-refractivity contribution in [2.45, 2.75) is 65.0 Å². The predicted octanol–water partition coefficient (Wildman–Crippen LogP) is 4.22. The number of imide groups is 1. The number of hydrogen-bond acceptors (Lipinski definition) is 3. The van der Waals surface area contributed by atoms with Crippen molar-refractivity contribution in [2.24, 2.45) is 11.3 Å². The fourth-order valence-electron chi connectivity index (χ4n) is 4.55. The van der Waals surface area contributed by atoms with Gasteiger partial charge in [0, 0.05) is 18.6 Å². The second-order valence-corrected chi connectivity index (χ2v) is 9.83. The number of benzene rings is 1. The highest BCUT2D eigenvalue weighted by atomic mass is 35.5. The molecule has 1 N–H and O–H groups in total. The van der Waals surface area contributed by atoms with E-state index in [-0.39, 0.29) is 23.8 Å². The summed E-state index contributed by atoms with van der Waals surface area (Å²) in [7, 11) is 1.67. The minimum absolute atomic E-state index is 0.229. The van der Waals surface area contributed by atoms with E-state index in [0.717, 1.165) is 29.7 Å². The average Bonchev–Trinajstić information content (AvgIpc) is 2.94. The van der Waals surface area contributed by atoms with Crippen molar-refractivity contribution in [3.8, 4) is 0 Å². The van der Waals surface area contributed by atoms with Gasteiger partial charge in [0.1, 0.15) is 12.1 Å². The van der Waals surface area contributed by atoms with Crippen LogP contribution >= 0.6 is 11.6 Å². The summed E-state index contributed by atoms with van der Waals surface area (Å²) in [6.07, 6.45) is 4.18. The lowest BCUT2D eigenvalue weighted by atomic mass is 9.65. The van der Waals surface area contributed by atoms with E-state index >= 15 is 0 Å². The van der Waals surface area contributed by atoms with Crippen LogP contribution in [0.4, 0.5) is 4.79 Å². The van der Waals surface area contributed by atoms with E-state index in [1.54, 1.807) is 19.2 Å². The molecule has 164 valence electrons. The monoisotopic (exact) mass is 433 g/mol. The van der Waals surface area contributed by atoms with Gasteiger partial charge < -0.3 is 10.2 Å². The van der Waals surface area contributed by atoms with Gasteiger partial charge >= 0.3 is 6.03 Å². The van der Waals surface area contributed by atoms with Crippen molar-refractivity contribution in [1.82, 2.24) is 15.1 Å². The van der Waals surface area contributed by atoms with Gasteiger partial charge in [0.05, 0.1) is 0 Å². The summed E-state index contributed by atoms with van der Waals surface area (Å²) >= 11 is 5.90. The molecule has 1 spiro atoms. The molecule has 3 rings (SSSR count). The number of amides is 4. The Labute approximate surface area is 183 Å². The fourth-order valence-corrected chi connectivity index (χ4v) is 4.67. The quantitative estimate of drug-likeness (QED) is 0.683. The molecule has 7 heteroatoms. The Morgan fingerprint density at radius 3 is 2.40 bits per heavy atom.